The van der Waals surface area contributed by atoms with Crippen LogP contribution in [0.3, 0.4) is 0 Å². The largest absolute Gasteiger partial charge is 0.493 e. The maximum Gasteiger partial charge on any atom is 0.387 e. The van der Waals surface area contributed by atoms with E-state index in [1.165, 1.54) is 13.2 Å². The van der Waals surface area contributed by atoms with Gasteiger partial charge in [-0.1, -0.05) is 12.1 Å². The van der Waals surface area contributed by atoms with Gasteiger partial charge < -0.3 is 14.8 Å². The van der Waals surface area contributed by atoms with Gasteiger partial charge in [-0.25, -0.2) is 0 Å². The zero-order chi connectivity index (χ0) is 17.4. The summed E-state index contributed by atoms with van der Waals surface area (Å²) in [6.07, 6.45) is 4.35. The maximum atomic E-state index is 12.3. The van der Waals surface area contributed by atoms with E-state index in [1.807, 2.05) is 12.1 Å². The Labute approximate surface area is 138 Å². The number of carbonyl (C=O) groups is 1. The summed E-state index contributed by atoms with van der Waals surface area (Å²) < 4.78 is 33.9. The fourth-order valence-electron chi connectivity index (χ4n) is 2.11. The molecule has 0 saturated heterocycles. The number of nitrogens with zero attached hydrogens (tertiary/aromatic N) is 1. The average Bonchev–Trinajstić information content (AvgIpc) is 2.59. The molecule has 1 N–H and O–H groups in total. The number of hydrogen-bond acceptors (Lipinski definition) is 4. The highest BCUT2D eigenvalue weighted by molar-refractivity contribution is 5.76. The van der Waals surface area contributed by atoms with Crippen molar-refractivity contribution in [2.24, 2.45) is 0 Å². The van der Waals surface area contributed by atoms with Crippen LogP contribution in [0.1, 0.15) is 17.5 Å². The summed E-state index contributed by atoms with van der Waals surface area (Å²) in [5, 5.41) is 2.78. The summed E-state index contributed by atoms with van der Waals surface area (Å²) in [5.74, 6) is 0.0438. The molecule has 0 saturated carbocycles. The van der Waals surface area contributed by atoms with Crippen molar-refractivity contribution in [3.8, 4) is 11.5 Å². The minimum Gasteiger partial charge on any atom is -0.493 e. The van der Waals surface area contributed by atoms with Gasteiger partial charge in [0, 0.05) is 25.4 Å². The highest BCUT2D eigenvalue weighted by Gasteiger charge is 2.11. The molecule has 2 aromatic rings. The number of rotatable bonds is 8. The van der Waals surface area contributed by atoms with Crippen molar-refractivity contribution < 1.29 is 23.0 Å². The van der Waals surface area contributed by atoms with Crippen molar-refractivity contribution in [2.75, 3.05) is 7.11 Å². The lowest BCUT2D eigenvalue weighted by Gasteiger charge is -2.12. The molecule has 0 fully saturated rings. The van der Waals surface area contributed by atoms with Gasteiger partial charge in [0.2, 0.25) is 5.91 Å². The van der Waals surface area contributed by atoms with E-state index in [1.54, 1.807) is 24.5 Å². The van der Waals surface area contributed by atoms with Gasteiger partial charge in [-0.2, -0.15) is 8.78 Å². The molecule has 0 bridgehead atoms. The predicted octanol–water partition coefficient (Wildman–Crippen LogP) is 2.94. The Morgan fingerprint density at radius 2 is 2.08 bits per heavy atom. The van der Waals surface area contributed by atoms with E-state index >= 15 is 0 Å². The van der Waals surface area contributed by atoms with Crippen molar-refractivity contribution in [3.05, 3.63) is 53.9 Å². The quantitative estimate of drug-likeness (QED) is 0.805. The van der Waals surface area contributed by atoms with E-state index in [0.717, 1.165) is 11.1 Å². The lowest BCUT2D eigenvalue weighted by Crippen LogP contribution is -2.23. The van der Waals surface area contributed by atoms with Crippen LogP contribution < -0.4 is 14.8 Å². The van der Waals surface area contributed by atoms with Crippen LogP contribution in [0.4, 0.5) is 8.78 Å². The third-order valence-electron chi connectivity index (χ3n) is 3.30. The van der Waals surface area contributed by atoms with Crippen LogP contribution in [0.5, 0.6) is 11.5 Å². The number of nitrogens with one attached hydrogen (secondary N) is 1. The summed E-state index contributed by atoms with van der Waals surface area (Å²) in [6, 6.07) is 8.28. The molecule has 0 aliphatic heterocycles. The van der Waals surface area contributed by atoms with Crippen LogP contribution in [-0.4, -0.2) is 24.6 Å². The smallest absolute Gasteiger partial charge is 0.387 e. The zero-order valence-electron chi connectivity index (χ0n) is 13.2. The van der Waals surface area contributed by atoms with Crippen LogP contribution in [0.25, 0.3) is 0 Å². The minimum absolute atomic E-state index is 0.0424. The molecule has 24 heavy (non-hydrogen) atoms. The van der Waals surface area contributed by atoms with E-state index in [9.17, 15) is 13.6 Å². The molecule has 128 valence electrons. The Bertz CT molecular complexity index is 666. The second-order valence-corrected chi connectivity index (χ2v) is 5.00. The first-order valence-corrected chi connectivity index (χ1v) is 7.36. The minimum atomic E-state index is -2.92. The molecule has 5 nitrogen and oxygen atoms in total. The predicted molar refractivity (Wildman–Crippen MR) is 84.0 cm³/mol. The standard InChI is InChI=1S/C17H18F2N2O3/c1-23-15-9-13(4-6-14(15)24-17(18)19)11-21-16(22)7-5-12-3-2-8-20-10-12/h2-4,6,8-10,17H,5,7,11H2,1H3,(H,21,22). The Hall–Kier alpha value is -2.70. The molecule has 0 radical (unpaired) electrons. The number of halogens is 2. The van der Waals surface area contributed by atoms with Gasteiger partial charge in [0.15, 0.2) is 11.5 Å². The van der Waals surface area contributed by atoms with E-state index in [-0.39, 0.29) is 24.0 Å². The molecule has 2 rings (SSSR count). The number of pyridine rings is 1. The highest BCUT2D eigenvalue weighted by Crippen LogP contribution is 2.29. The number of methoxy groups -OCH3 is 1. The Kier molecular flexibility index (Phi) is 6.48. The monoisotopic (exact) mass is 336 g/mol. The Morgan fingerprint density at radius 3 is 2.75 bits per heavy atom. The van der Waals surface area contributed by atoms with Gasteiger partial charge in [0.25, 0.3) is 0 Å². The number of aryl methyl sites for hydroxylation is 1. The van der Waals surface area contributed by atoms with Gasteiger partial charge in [-0.15, -0.1) is 0 Å². The fourth-order valence-corrected chi connectivity index (χ4v) is 2.11. The number of amides is 1. The molecule has 1 aromatic carbocycles. The van der Waals surface area contributed by atoms with Crippen LogP contribution in [-0.2, 0) is 17.8 Å². The molecule has 0 aliphatic rings. The first-order valence-electron chi connectivity index (χ1n) is 7.36. The molecule has 0 aliphatic carbocycles. The highest BCUT2D eigenvalue weighted by atomic mass is 19.3. The van der Waals surface area contributed by atoms with Crippen LogP contribution in [0.2, 0.25) is 0 Å². The Morgan fingerprint density at radius 1 is 1.25 bits per heavy atom. The van der Waals surface area contributed by atoms with Gasteiger partial charge in [-0.05, 0) is 35.7 Å². The molecule has 0 unspecified atom stereocenters. The fraction of sp³-hybridized carbons (Fsp3) is 0.294. The van der Waals surface area contributed by atoms with Gasteiger partial charge >= 0.3 is 6.61 Å². The number of ether oxygens (including phenoxy) is 2. The van der Waals surface area contributed by atoms with Gasteiger partial charge in [0.05, 0.1) is 7.11 Å². The van der Waals surface area contributed by atoms with Crippen molar-refractivity contribution in [3.63, 3.8) is 0 Å². The second kappa shape index (κ2) is 8.81. The molecule has 1 aromatic heterocycles. The number of alkyl halides is 2. The van der Waals surface area contributed by atoms with Crippen molar-refractivity contribution >= 4 is 5.91 Å². The summed E-state index contributed by atoms with van der Waals surface area (Å²) in [4.78, 5) is 15.9. The second-order valence-electron chi connectivity index (χ2n) is 5.00. The molecular formula is C17H18F2N2O3. The van der Waals surface area contributed by atoms with Gasteiger partial charge in [0.1, 0.15) is 0 Å². The van der Waals surface area contributed by atoms with Crippen molar-refractivity contribution in [1.29, 1.82) is 0 Å². The summed E-state index contributed by atoms with van der Waals surface area (Å²) in [6.45, 7) is -2.64. The van der Waals surface area contributed by atoms with E-state index in [4.69, 9.17) is 4.74 Å². The van der Waals surface area contributed by atoms with Crippen LogP contribution in [0, 0.1) is 0 Å². The number of hydrogen-bond donors (Lipinski definition) is 1. The average molecular weight is 336 g/mol. The lowest BCUT2D eigenvalue weighted by atomic mass is 10.1. The zero-order valence-corrected chi connectivity index (χ0v) is 13.2. The van der Waals surface area contributed by atoms with E-state index in [0.29, 0.717) is 12.8 Å². The molecule has 1 heterocycles. The number of benzene rings is 1. The van der Waals surface area contributed by atoms with E-state index < -0.39 is 6.61 Å². The number of aromatic nitrogens is 1. The lowest BCUT2D eigenvalue weighted by molar-refractivity contribution is -0.121. The normalized spacial score (nSPS) is 10.5. The number of carbonyl (C=O) groups excluding carboxylic acids is 1. The summed E-state index contributed by atoms with van der Waals surface area (Å²) in [5.41, 5.74) is 1.71. The molecular weight excluding hydrogens is 318 g/mol. The molecule has 0 atom stereocenters. The van der Waals surface area contributed by atoms with Crippen molar-refractivity contribution in [1.82, 2.24) is 10.3 Å². The van der Waals surface area contributed by atoms with Crippen LogP contribution in [0.15, 0.2) is 42.7 Å². The third kappa shape index (κ3) is 5.49. The van der Waals surface area contributed by atoms with E-state index in [2.05, 4.69) is 15.0 Å². The Balaban J connectivity index is 1.86. The van der Waals surface area contributed by atoms with Gasteiger partial charge in [-0.3, -0.25) is 9.78 Å². The first-order chi connectivity index (χ1) is 11.6. The van der Waals surface area contributed by atoms with Crippen LogP contribution >= 0.6 is 0 Å². The SMILES string of the molecule is COc1cc(CNC(=O)CCc2cccnc2)ccc1OC(F)F. The third-order valence-corrected chi connectivity index (χ3v) is 3.30. The summed E-state index contributed by atoms with van der Waals surface area (Å²) >= 11 is 0. The molecule has 0 spiro atoms. The summed E-state index contributed by atoms with van der Waals surface area (Å²) in [7, 11) is 1.36. The topological polar surface area (TPSA) is 60.5 Å². The molecule has 1 amide bonds. The first kappa shape index (κ1) is 17.7. The maximum absolute atomic E-state index is 12.3. The molecule has 7 heteroatoms. The van der Waals surface area contributed by atoms with Crippen molar-refractivity contribution in [2.45, 2.75) is 26.0 Å².